The number of anilines is 4. The minimum absolute atomic E-state index is 0.0123. The average Bonchev–Trinajstić information content (AvgIpc) is 3.31. The molecule has 0 amide bonds. The Balaban J connectivity index is 1.11. The molecule has 200 valence electrons. The van der Waals surface area contributed by atoms with Gasteiger partial charge < -0.3 is 25.8 Å². The molecular weight excluding hydrogens is 536 g/mol. The van der Waals surface area contributed by atoms with Gasteiger partial charge in [0.05, 0.1) is 10.3 Å². The van der Waals surface area contributed by atoms with Crippen LogP contribution in [0.1, 0.15) is 12.8 Å². The van der Waals surface area contributed by atoms with Crippen LogP contribution >= 0.6 is 12.2 Å². The molecule has 1 aromatic carbocycles. The topological polar surface area (TPSA) is 158 Å². The first-order valence-corrected chi connectivity index (χ1v) is 14.3. The molecule has 6 rings (SSSR count). The molecule has 4 aromatic rings. The first kappa shape index (κ1) is 25.0. The number of H-pyrrole nitrogens is 1. The molecule has 0 radical (unpaired) electrons. The highest BCUT2D eigenvalue weighted by molar-refractivity contribution is 7.92. The Morgan fingerprint density at radius 2 is 1.72 bits per heavy atom. The van der Waals surface area contributed by atoms with Crippen LogP contribution in [0.15, 0.2) is 47.6 Å². The molecule has 0 unspecified atom stereocenters. The zero-order chi connectivity index (χ0) is 27.0. The van der Waals surface area contributed by atoms with Crippen LogP contribution in [0, 0.1) is 0 Å². The van der Waals surface area contributed by atoms with Crippen LogP contribution in [-0.4, -0.2) is 69.5 Å². The summed E-state index contributed by atoms with van der Waals surface area (Å²) in [5, 5.41) is 7.00. The van der Waals surface area contributed by atoms with E-state index in [4.69, 9.17) is 18.0 Å². The number of hydrogen-bond acceptors (Lipinski definition) is 9. The molecule has 0 bridgehead atoms. The number of nitrogens with two attached hydrogens (primary N) is 1. The largest absolute Gasteiger partial charge is 0.368 e. The third-order valence-corrected chi connectivity index (χ3v) is 8.36. The maximum atomic E-state index is 12.6. The summed E-state index contributed by atoms with van der Waals surface area (Å²) in [6.07, 6.45) is 9.34. The van der Waals surface area contributed by atoms with E-state index in [1.807, 2.05) is 0 Å². The molecule has 5 N–H and O–H groups in total. The van der Waals surface area contributed by atoms with Gasteiger partial charge in [0.2, 0.25) is 11.9 Å². The van der Waals surface area contributed by atoms with Crippen LogP contribution in [0.4, 0.5) is 23.4 Å². The van der Waals surface area contributed by atoms with Crippen molar-refractivity contribution in [2.75, 3.05) is 46.9 Å². The summed E-state index contributed by atoms with van der Waals surface area (Å²) in [4.78, 5) is 24.6. The number of fused-ring (bicyclic) bond motifs is 3. The molecule has 4 heterocycles. The zero-order valence-corrected chi connectivity index (χ0v) is 22.5. The van der Waals surface area contributed by atoms with Gasteiger partial charge in [0.25, 0.3) is 10.0 Å². The molecule has 3 aromatic heterocycles. The Morgan fingerprint density at radius 3 is 2.46 bits per heavy atom. The quantitative estimate of drug-likeness (QED) is 0.257. The smallest absolute Gasteiger partial charge is 0.264 e. The van der Waals surface area contributed by atoms with E-state index in [0.29, 0.717) is 37.0 Å². The fourth-order valence-electron chi connectivity index (χ4n) is 4.76. The van der Waals surface area contributed by atoms with Crippen LogP contribution in [-0.2, 0) is 10.0 Å². The van der Waals surface area contributed by atoms with Crippen LogP contribution in [0.25, 0.3) is 23.2 Å². The number of nitrogen functional groups attached to an aromatic ring is 1. The van der Waals surface area contributed by atoms with Crippen LogP contribution < -0.4 is 31.2 Å². The van der Waals surface area contributed by atoms with Crippen molar-refractivity contribution in [2.45, 2.75) is 17.7 Å². The number of hydrogen-bond donors (Lipinski definition) is 4. The summed E-state index contributed by atoms with van der Waals surface area (Å²) in [6.45, 7) is 2.79. The van der Waals surface area contributed by atoms with Crippen molar-refractivity contribution in [2.24, 2.45) is 0 Å². The molecule has 39 heavy (non-hydrogen) atoms. The molecule has 0 spiro atoms. The molecule has 1 fully saturated rings. The van der Waals surface area contributed by atoms with E-state index >= 15 is 0 Å². The normalized spacial score (nSPS) is 15.3. The highest BCUT2D eigenvalue weighted by atomic mass is 32.2. The van der Waals surface area contributed by atoms with Gasteiger partial charge in [-0.25, -0.2) is 23.1 Å². The monoisotopic (exact) mass is 562 g/mol. The Bertz CT molecular complexity index is 1770. The van der Waals surface area contributed by atoms with Gasteiger partial charge in [0, 0.05) is 54.8 Å². The van der Waals surface area contributed by atoms with Crippen LogP contribution in [0.3, 0.4) is 0 Å². The summed E-state index contributed by atoms with van der Waals surface area (Å²) < 4.78 is 27.6. The Kier molecular flexibility index (Phi) is 6.48. The van der Waals surface area contributed by atoms with Gasteiger partial charge in [-0.2, -0.15) is 9.97 Å². The standard InChI is InChI=1S/C25H26N10O2S2/c26-23-31-21-20(18-4-1-2-5-19(18)30-21)22(32-23)34-12-14-35(15-13-34)25(38)29-16-6-8-17(9-7-16)39(36,37)33-24-27-10-3-11-28-24/h3-11H,1-2,12-15H2,(H,29,38)(H,27,28,33)(H3,26,30,31,32). The van der Waals surface area contributed by atoms with E-state index in [0.717, 1.165) is 40.3 Å². The number of thiocarbonyl (C=S) groups is 1. The maximum absolute atomic E-state index is 12.6. The number of nitrogens with one attached hydrogen (secondary N) is 3. The van der Waals surface area contributed by atoms with Crippen molar-refractivity contribution < 1.29 is 8.42 Å². The highest BCUT2D eigenvalue weighted by Gasteiger charge is 2.24. The van der Waals surface area contributed by atoms with Gasteiger partial charge >= 0.3 is 0 Å². The number of aromatic nitrogens is 5. The van der Waals surface area contributed by atoms with Crippen molar-refractivity contribution in [1.82, 2.24) is 29.8 Å². The first-order valence-electron chi connectivity index (χ1n) is 12.4. The minimum Gasteiger partial charge on any atom is -0.368 e. The van der Waals surface area contributed by atoms with Crippen molar-refractivity contribution >= 4 is 73.9 Å². The summed E-state index contributed by atoms with van der Waals surface area (Å²) in [5.41, 5.74) is 7.49. The van der Waals surface area contributed by atoms with E-state index in [-0.39, 0.29) is 16.8 Å². The van der Waals surface area contributed by atoms with Crippen LogP contribution in [0.5, 0.6) is 0 Å². The van der Waals surface area contributed by atoms with Crippen molar-refractivity contribution in [3.8, 4) is 0 Å². The summed E-state index contributed by atoms with van der Waals surface area (Å²) in [5.74, 6) is 1.09. The molecule has 12 nitrogen and oxygen atoms in total. The predicted molar refractivity (Wildman–Crippen MR) is 155 cm³/mol. The van der Waals surface area contributed by atoms with E-state index in [2.05, 4.69) is 56.9 Å². The maximum Gasteiger partial charge on any atom is 0.264 e. The molecule has 1 aliphatic carbocycles. The van der Waals surface area contributed by atoms with E-state index in [9.17, 15) is 8.42 Å². The number of aromatic amines is 1. The fourth-order valence-corrected chi connectivity index (χ4v) is 6.02. The lowest BCUT2D eigenvalue weighted by atomic mass is 10.1. The van der Waals surface area contributed by atoms with Gasteiger partial charge in [-0.15, -0.1) is 0 Å². The third kappa shape index (κ3) is 5.07. The minimum atomic E-state index is -3.81. The summed E-state index contributed by atoms with van der Waals surface area (Å²) in [7, 11) is -3.81. The van der Waals surface area contributed by atoms with E-state index < -0.39 is 10.0 Å². The van der Waals surface area contributed by atoms with E-state index in [1.165, 1.54) is 24.5 Å². The average molecular weight is 563 g/mol. The molecular formula is C25H26N10O2S2. The third-order valence-electron chi connectivity index (χ3n) is 6.66. The first-order chi connectivity index (χ1) is 18.9. The number of rotatable bonds is 5. The molecule has 1 saturated heterocycles. The van der Waals surface area contributed by atoms with Gasteiger partial charge in [-0.3, -0.25) is 0 Å². The lowest BCUT2D eigenvalue weighted by Crippen LogP contribution is -2.50. The van der Waals surface area contributed by atoms with Gasteiger partial charge in [0.15, 0.2) is 5.11 Å². The van der Waals surface area contributed by atoms with Gasteiger partial charge in [0.1, 0.15) is 11.5 Å². The molecule has 1 aliphatic heterocycles. The number of piperazine rings is 1. The van der Waals surface area contributed by atoms with Crippen LogP contribution in [0.2, 0.25) is 0 Å². The zero-order valence-electron chi connectivity index (χ0n) is 20.8. The summed E-state index contributed by atoms with van der Waals surface area (Å²) >= 11 is 5.66. The van der Waals surface area contributed by atoms with Crippen molar-refractivity contribution in [3.05, 3.63) is 53.3 Å². The highest BCUT2D eigenvalue weighted by Crippen LogP contribution is 2.23. The van der Waals surface area contributed by atoms with Crippen molar-refractivity contribution in [3.63, 3.8) is 0 Å². The molecule has 0 saturated carbocycles. The van der Waals surface area contributed by atoms with Gasteiger partial charge in [-0.1, -0.05) is 12.2 Å². The number of benzene rings is 1. The predicted octanol–water partition coefficient (Wildman–Crippen LogP) is 1.00. The Labute approximate surface area is 229 Å². The molecule has 14 heteroatoms. The van der Waals surface area contributed by atoms with Gasteiger partial charge in [-0.05, 0) is 55.4 Å². The number of nitrogens with zero attached hydrogens (tertiary/aromatic N) is 6. The fraction of sp³-hybridized carbons (Fsp3) is 0.240. The molecule has 2 aliphatic rings. The lowest BCUT2D eigenvalue weighted by molar-refractivity contribution is 0.390. The summed E-state index contributed by atoms with van der Waals surface area (Å²) in [6, 6.07) is 7.96. The van der Waals surface area contributed by atoms with E-state index in [1.54, 1.807) is 18.2 Å². The SMILES string of the molecule is Nc1nc(N2CCN(C(=S)Nc3ccc(S(=O)(=O)Nc4ncccn4)cc3)CC2)c2c3c([nH]c2n1)=CCCC=3. The second-order valence-corrected chi connectivity index (χ2v) is 11.2. The van der Waals surface area contributed by atoms with Crippen molar-refractivity contribution in [1.29, 1.82) is 0 Å². The number of sulfonamides is 1. The second kappa shape index (κ2) is 10.1. The molecule has 0 atom stereocenters. The Morgan fingerprint density at radius 1 is 1.00 bits per heavy atom. The second-order valence-electron chi connectivity index (χ2n) is 9.17. The lowest BCUT2D eigenvalue weighted by Gasteiger charge is -2.37. The Hall–Kier alpha value is -4.30.